The smallest absolute Gasteiger partial charge is 0.181 e. The monoisotopic (exact) mass is 305 g/mol. The molecule has 0 saturated carbocycles. The van der Waals surface area contributed by atoms with Gasteiger partial charge in [0.1, 0.15) is 6.29 Å². The molecule has 0 aliphatic rings. The van der Waals surface area contributed by atoms with Crippen molar-refractivity contribution in [1.29, 1.82) is 0 Å². The van der Waals surface area contributed by atoms with E-state index in [1.165, 1.54) is 5.56 Å². The number of nitrogens with one attached hydrogen (secondary N) is 2. The third-order valence-corrected chi connectivity index (χ3v) is 4.21. The quantitative estimate of drug-likeness (QED) is 0.567. The second-order valence-corrected chi connectivity index (χ2v) is 5.66. The van der Waals surface area contributed by atoms with Crippen molar-refractivity contribution in [2.24, 2.45) is 0 Å². The number of hydrogen-bond donors (Lipinski definition) is 2. The van der Waals surface area contributed by atoms with Gasteiger partial charge in [0.05, 0.1) is 17.4 Å². The van der Waals surface area contributed by atoms with Crippen LogP contribution in [0.1, 0.15) is 29.7 Å². The van der Waals surface area contributed by atoms with E-state index >= 15 is 0 Å². The van der Waals surface area contributed by atoms with E-state index < -0.39 is 0 Å². The van der Waals surface area contributed by atoms with Crippen molar-refractivity contribution in [2.75, 3.05) is 0 Å². The maximum Gasteiger partial charge on any atom is 0.181 e. The van der Waals surface area contributed by atoms with Crippen LogP contribution in [0.2, 0.25) is 0 Å². The highest BCUT2D eigenvalue weighted by Crippen LogP contribution is 2.29. The molecule has 1 atom stereocenters. The van der Waals surface area contributed by atoms with Gasteiger partial charge in [-0.3, -0.25) is 10.2 Å². The lowest BCUT2D eigenvalue weighted by atomic mass is 9.94. The average molecular weight is 305 g/mol. The largest absolute Gasteiger partial charge is 0.303 e. The number of aromatic nitrogens is 5. The summed E-state index contributed by atoms with van der Waals surface area (Å²) in [6, 6.07) is 8.23. The zero-order valence-corrected chi connectivity index (χ0v) is 12.6. The van der Waals surface area contributed by atoms with E-state index in [-0.39, 0.29) is 5.92 Å². The Labute approximate surface area is 131 Å². The third-order valence-electron chi connectivity index (χ3n) is 4.21. The number of pyridine rings is 1. The van der Waals surface area contributed by atoms with Crippen molar-refractivity contribution < 1.29 is 4.79 Å². The van der Waals surface area contributed by atoms with Crippen molar-refractivity contribution in [3.63, 3.8) is 0 Å². The number of aldehydes is 1. The molecular formula is C17H15N5O. The first-order valence-electron chi connectivity index (χ1n) is 7.46. The van der Waals surface area contributed by atoms with Crippen LogP contribution >= 0.6 is 0 Å². The van der Waals surface area contributed by atoms with Gasteiger partial charge in [-0.15, -0.1) is 0 Å². The van der Waals surface area contributed by atoms with Crippen LogP contribution in [0.3, 0.4) is 0 Å². The highest BCUT2D eigenvalue weighted by Gasteiger charge is 2.16. The fraction of sp³-hybridized carbons (Fsp3) is 0.176. The highest BCUT2D eigenvalue weighted by molar-refractivity contribution is 5.81. The molecule has 1 aromatic carbocycles. The lowest BCUT2D eigenvalue weighted by Gasteiger charge is -2.11. The summed E-state index contributed by atoms with van der Waals surface area (Å²) >= 11 is 0. The fourth-order valence-corrected chi connectivity index (χ4v) is 2.90. The number of rotatable bonds is 4. The van der Waals surface area contributed by atoms with Gasteiger partial charge in [0, 0.05) is 29.3 Å². The maximum absolute atomic E-state index is 10.7. The minimum absolute atomic E-state index is 0.132. The van der Waals surface area contributed by atoms with E-state index in [4.69, 9.17) is 0 Å². The van der Waals surface area contributed by atoms with Crippen LogP contribution in [-0.4, -0.2) is 31.7 Å². The predicted molar refractivity (Wildman–Crippen MR) is 87.3 cm³/mol. The summed E-state index contributed by atoms with van der Waals surface area (Å²) in [5, 5.41) is 16.4. The molecule has 6 nitrogen and oxygen atoms in total. The SMILES string of the molecule is CC(c1ccc2[nH]ncc2c1)c1[nH]nc2ncc(CC=O)cc12. The minimum Gasteiger partial charge on any atom is -0.303 e. The number of aromatic amines is 2. The molecular weight excluding hydrogens is 290 g/mol. The van der Waals surface area contributed by atoms with Gasteiger partial charge >= 0.3 is 0 Å². The van der Waals surface area contributed by atoms with E-state index in [9.17, 15) is 4.79 Å². The zero-order valence-electron chi connectivity index (χ0n) is 12.6. The molecule has 0 aliphatic carbocycles. The number of hydrogen-bond acceptors (Lipinski definition) is 4. The number of benzene rings is 1. The molecule has 0 bridgehead atoms. The number of carbonyl (C=O) groups is 1. The Kier molecular flexibility index (Phi) is 3.15. The Bertz CT molecular complexity index is 1000. The first kappa shape index (κ1) is 13.6. The molecule has 0 amide bonds. The van der Waals surface area contributed by atoms with Gasteiger partial charge in [0.25, 0.3) is 0 Å². The van der Waals surface area contributed by atoms with Crippen LogP contribution in [0.25, 0.3) is 21.9 Å². The summed E-state index contributed by atoms with van der Waals surface area (Å²) in [5.41, 5.74) is 4.76. The Morgan fingerprint density at radius 1 is 1.22 bits per heavy atom. The lowest BCUT2D eigenvalue weighted by Crippen LogP contribution is -1.97. The van der Waals surface area contributed by atoms with E-state index in [2.05, 4.69) is 44.4 Å². The van der Waals surface area contributed by atoms with Crippen LogP contribution in [-0.2, 0) is 11.2 Å². The Hall–Kier alpha value is -3.02. The number of carbonyl (C=O) groups excluding carboxylic acids is 1. The molecule has 0 spiro atoms. The second kappa shape index (κ2) is 5.31. The van der Waals surface area contributed by atoms with E-state index in [0.29, 0.717) is 12.1 Å². The molecule has 6 heteroatoms. The van der Waals surface area contributed by atoms with Crippen LogP contribution in [0, 0.1) is 0 Å². The standard InChI is InChI=1S/C17H15N5O/c1-10(12-2-3-15-13(7-12)9-19-20-15)16-14-6-11(4-5-23)8-18-17(14)22-21-16/h2-3,5-10H,4H2,1H3,(H,19,20)(H,18,21,22). The zero-order chi connectivity index (χ0) is 15.8. The third kappa shape index (κ3) is 2.28. The van der Waals surface area contributed by atoms with E-state index in [0.717, 1.165) is 33.8 Å². The Morgan fingerprint density at radius 2 is 2.13 bits per heavy atom. The van der Waals surface area contributed by atoms with Crippen LogP contribution in [0.5, 0.6) is 0 Å². The summed E-state index contributed by atoms with van der Waals surface area (Å²) in [7, 11) is 0. The molecule has 4 aromatic rings. The fourth-order valence-electron chi connectivity index (χ4n) is 2.90. The van der Waals surface area contributed by atoms with Gasteiger partial charge in [-0.25, -0.2) is 4.98 Å². The average Bonchev–Trinajstić information content (AvgIpc) is 3.20. The summed E-state index contributed by atoms with van der Waals surface area (Å²) < 4.78 is 0. The molecule has 3 heterocycles. The van der Waals surface area contributed by atoms with Crippen LogP contribution in [0.4, 0.5) is 0 Å². The molecule has 0 fully saturated rings. The molecule has 23 heavy (non-hydrogen) atoms. The van der Waals surface area contributed by atoms with Crippen LogP contribution in [0.15, 0.2) is 36.7 Å². The van der Waals surface area contributed by atoms with Crippen molar-refractivity contribution in [3.8, 4) is 0 Å². The van der Waals surface area contributed by atoms with Crippen molar-refractivity contribution >= 4 is 28.2 Å². The molecule has 0 radical (unpaired) electrons. The van der Waals surface area contributed by atoms with Gasteiger partial charge in [0.15, 0.2) is 5.65 Å². The Morgan fingerprint density at radius 3 is 3.00 bits per heavy atom. The van der Waals surface area contributed by atoms with Gasteiger partial charge in [0.2, 0.25) is 0 Å². The van der Waals surface area contributed by atoms with E-state index in [1.807, 2.05) is 18.3 Å². The van der Waals surface area contributed by atoms with Gasteiger partial charge in [-0.2, -0.15) is 10.2 Å². The lowest BCUT2D eigenvalue weighted by molar-refractivity contribution is -0.107. The minimum atomic E-state index is 0.132. The number of fused-ring (bicyclic) bond motifs is 2. The summed E-state index contributed by atoms with van der Waals surface area (Å²) in [4.78, 5) is 15.0. The van der Waals surface area contributed by atoms with Gasteiger partial charge < -0.3 is 4.79 Å². The molecule has 114 valence electrons. The van der Waals surface area contributed by atoms with Crippen molar-refractivity contribution in [3.05, 3.63) is 53.5 Å². The molecule has 1 unspecified atom stereocenters. The maximum atomic E-state index is 10.7. The van der Waals surface area contributed by atoms with Crippen molar-refractivity contribution in [1.82, 2.24) is 25.4 Å². The van der Waals surface area contributed by atoms with Crippen LogP contribution < -0.4 is 0 Å². The first-order valence-corrected chi connectivity index (χ1v) is 7.46. The van der Waals surface area contributed by atoms with Crippen molar-refractivity contribution in [2.45, 2.75) is 19.3 Å². The molecule has 0 saturated heterocycles. The normalized spacial score (nSPS) is 12.7. The molecule has 3 aromatic heterocycles. The molecule has 2 N–H and O–H groups in total. The molecule has 0 aliphatic heterocycles. The summed E-state index contributed by atoms with van der Waals surface area (Å²) in [6.45, 7) is 2.13. The predicted octanol–water partition coefficient (Wildman–Crippen LogP) is 2.73. The summed E-state index contributed by atoms with van der Waals surface area (Å²) in [6.07, 6.45) is 4.77. The van der Waals surface area contributed by atoms with Gasteiger partial charge in [-0.05, 0) is 29.3 Å². The summed E-state index contributed by atoms with van der Waals surface area (Å²) in [5.74, 6) is 0.132. The van der Waals surface area contributed by atoms with Gasteiger partial charge in [-0.1, -0.05) is 13.0 Å². The Balaban J connectivity index is 1.80. The molecule has 4 rings (SSSR count). The topological polar surface area (TPSA) is 87.3 Å². The number of H-pyrrole nitrogens is 2. The van der Waals surface area contributed by atoms with E-state index in [1.54, 1.807) is 6.20 Å². The first-order chi connectivity index (χ1) is 11.3. The second-order valence-electron chi connectivity index (χ2n) is 5.66. The number of nitrogens with zero attached hydrogens (tertiary/aromatic N) is 3. The highest BCUT2D eigenvalue weighted by atomic mass is 16.1.